The lowest BCUT2D eigenvalue weighted by Crippen LogP contribution is -2.14. The molecule has 0 saturated heterocycles. The van der Waals surface area contributed by atoms with Crippen LogP contribution in [0.4, 0.5) is 0 Å². The average molecular weight is 305 g/mol. The number of nitrogens with zero attached hydrogens (tertiary/aromatic N) is 1. The topological polar surface area (TPSA) is 38.9 Å². The highest BCUT2D eigenvalue weighted by Gasteiger charge is 2.09. The lowest BCUT2D eigenvalue weighted by molar-refractivity contribution is 0.705. The molecule has 2 aromatic rings. The lowest BCUT2D eigenvalue weighted by atomic mass is 10.0. The minimum Gasteiger partial charge on any atom is -0.324 e. The zero-order chi connectivity index (χ0) is 13.1. The first-order valence-corrected chi connectivity index (χ1v) is 6.78. The first kappa shape index (κ1) is 13.2. The lowest BCUT2D eigenvalue weighted by Gasteiger charge is -2.13. The molecule has 2 N–H and O–H groups in total. The summed E-state index contributed by atoms with van der Waals surface area (Å²) in [6.07, 6.45) is 2.64. The zero-order valence-corrected chi connectivity index (χ0v) is 12.2. The molecular formula is C15H17BrN2. The van der Waals surface area contributed by atoms with Crippen LogP contribution in [0, 0.1) is 13.8 Å². The van der Waals surface area contributed by atoms with Crippen LogP contribution in [-0.4, -0.2) is 4.98 Å². The number of aromatic nitrogens is 1. The van der Waals surface area contributed by atoms with Crippen molar-refractivity contribution in [1.29, 1.82) is 0 Å². The van der Waals surface area contributed by atoms with E-state index in [4.69, 9.17) is 5.73 Å². The maximum absolute atomic E-state index is 6.24. The van der Waals surface area contributed by atoms with E-state index < -0.39 is 0 Å². The summed E-state index contributed by atoms with van der Waals surface area (Å²) in [6, 6.07) is 10.4. The van der Waals surface area contributed by atoms with Gasteiger partial charge in [-0.15, -0.1) is 0 Å². The molecule has 0 saturated carbocycles. The number of hydrogen-bond acceptors (Lipinski definition) is 2. The van der Waals surface area contributed by atoms with E-state index in [1.54, 1.807) is 0 Å². The van der Waals surface area contributed by atoms with Gasteiger partial charge in [0.05, 0.1) is 0 Å². The van der Waals surface area contributed by atoms with Gasteiger partial charge in [-0.3, -0.25) is 4.98 Å². The second-order valence-corrected chi connectivity index (χ2v) is 5.62. The van der Waals surface area contributed by atoms with Gasteiger partial charge in [0, 0.05) is 28.8 Å². The summed E-state index contributed by atoms with van der Waals surface area (Å²) in [6.45, 7) is 4.11. The maximum atomic E-state index is 6.24. The third-order valence-electron chi connectivity index (χ3n) is 2.89. The van der Waals surface area contributed by atoms with Gasteiger partial charge in [0.2, 0.25) is 0 Å². The summed E-state index contributed by atoms with van der Waals surface area (Å²) in [7, 11) is 0. The molecule has 0 bridgehead atoms. The van der Waals surface area contributed by atoms with Crippen molar-refractivity contribution in [1.82, 2.24) is 4.98 Å². The molecule has 0 aliphatic heterocycles. The smallest absolute Gasteiger partial charge is 0.0422 e. The molecule has 0 amide bonds. The summed E-state index contributed by atoms with van der Waals surface area (Å²) in [4.78, 5) is 4.40. The van der Waals surface area contributed by atoms with Crippen molar-refractivity contribution in [2.45, 2.75) is 26.3 Å². The van der Waals surface area contributed by atoms with Crippen molar-refractivity contribution in [2.24, 2.45) is 5.73 Å². The Labute approximate surface area is 116 Å². The predicted molar refractivity (Wildman–Crippen MR) is 78.5 cm³/mol. The first-order valence-electron chi connectivity index (χ1n) is 5.99. The second kappa shape index (κ2) is 5.63. The molecule has 1 atom stereocenters. The van der Waals surface area contributed by atoms with Crippen molar-refractivity contribution in [3.05, 3.63) is 63.4 Å². The fourth-order valence-electron chi connectivity index (χ4n) is 1.94. The number of halogens is 1. The Morgan fingerprint density at radius 2 is 1.94 bits per heavy atom. The highest BCUT2D eigenvalue weighted by molar-refractivity contribution is 9.10. The molecule has 1 aromatic carbocycles. The molecule has 0 spiro atoms. The van der Waals surface area contributed by atoms with Gasteiger partial charge >= 0.3 is 0 Å². The Balaban J connectivity index is 2.16. The van der Waals surface area contributed by atoms with Crippen molar-refractivity contribution in [2.75, 3.05) is 0 Å². The van der Waals surface area contributed by atoms with E-state index >= 15 is 0 Å². The van der Waals surface area contributed by atoms with Crippen LogP contribution in [-0.2, 0) is 6.42 Å². The molecule has 18 heavy (non-hydrogen) atoms. The monoisotopic (exact) mass is 304 g/mol. The molecule has 0 aliphatic carbocycles. The first-order chi connectivity index (χ1) is 8.54. The normalized spacial score (nSPS) is 12.4. The minimum absolute atomic E-state index is 0.0172. The molecule has 2 nitrogen and oxygen atoms in total. The van der Waals surface area contributed by atoms with Gasteiger partial charge in [-0.05, 0) is 48.7 Å². The van der Waals surface area contributed by atoms with Gasteiger partial charge in [-0.1, -0.05) is 28.1 Å². The van der Waals surface area contributed by atoms with Gasteiger partial charge in [0.25, 0.3) is 0 Å². The SMILES string of the molecule is Cc1ccc(CC(N)c2cc(C)cc(Br)c2)nc1. The molecule has 3 heteroatoms. The fourth-order valence-corrected chi connectivity index (χ4v) is 2.57. The molecule has 0 radical (unpaired) electrons. The van der Waals surface area contributed by atoms with E-state index in [2.05, 4.69) is 52.1 Å². The van der Waals surface area contributed by atoms with Crippen molar-refractivity contribution in [3.63, 3.8) is 0 Å². The number of rotatable bonds is 3. The molecule has 1 unspecified atom stereocenters. The summed E-state index contributed by atoms with van der Waals surface area (Å²) in [5.41, 5.74) is 10.8. The highest BCUT2D eigenvalue weighted by atomic mass is 79.9. The molecule has 1 heterocycles. The number of hydrogen-bond donors (Lipinski definition) is 1. The van der Waals surface area contributed by atoms with Crippen molar-refractivity contribution in [3.8, 4) is 0 Å². The Hall–Kier alpha value is -1.19. The maximum Gasteiger partial charge on any atom is 0.0422 e. The van der Waals surface area contributed by atoms with Crippen LogP contribution in [0.3, 0.4) is 0 Å². The Bertz CT molecular complexity index is 514. The molecule has 1 aromatic heterocycles. The van der Waals surface area contributed by atoms with Gasteiger partial charge in [0.1, 0.15) is 0 Å². The quantitative estimate of drug-likeness (QED) is 0.939. The standard InChI is InChI=1S/C15H17BrN2/c1-10-3-4-14(18-9-10)8-15(17)12-5-11(2)6-13(16)7-12/h3-7,9,15H,8,17H2,1-2H3. The molecule has 2 rings (SSSR count). The summed E-state index contributed by atoms with van der Waals surface area (Å²) in [5.74, 6) is 0. The summed E-state index contributed by atoms with van der Waals surface area (Å²) >= 11 is 3.51. The van der Waals surface area contributed by atoms with Crippen molar-refractivity contribution >= 4 is 15.9 Å². The van der Waals surface area contributed by atoms with Gasteiger partial charge in [-0.25, -0.2) is 0 Å². The Kier molecular flexibility index (Phi) is 4.15. The van der Waals surface area contributed by atoms with E-state index in [9.17, 15) is 0 Å². The average Bonchev–Trinajstić information content (AvgIpc) is 2.31. The zero-order valence-electron chi connectivity index (χ0n) is 10.7. The molecule has 0 aliphatic rings. The van der Waals surface area contributed by atoms with Crippen LogP contribution in [0.5, 0.6) is 0 Å². The largest absolute Gasteiger partial charge is 0.324 e. The molecule has 0 fully saturated rings. The predicted octanol–water partition coefficient (Wildman–Crippen LogP) is 3.70. The summed E-state index contributed by atoms with van der Waals surface area (Å²) < 4.78 is 1.07. The number of aryl methyl sites for hydroxylation is 2. The number of nitrogens with two attached hydrogens (primary N) is 1. The van der Waals surface area contributed by atoms with E-state index in [1.807, 2.05) is 19.2 Å². The molecule has 94 valence electrons. The second-order valence-electron chi connectivity index (χ2n) is 4.70. The van der Waals surface area contributed by atoms with E-state index in [0.29, 0.717) is 0 Å². The Morgan fingerprint density at radius 3 is 2.56 bits per heavy atom. The van der Waals surface area contributed by atoms with Gasteiger partial charge in [0.15, 0.2) is 0 Å². The third-order valence-corrected chi connectivity index (χ3v) is 3.35. The minimum atomic E-state index is -0.0172. The fraction of sp³-hybridized carbons (Fsp3) is 0.267. The number of pyridine rings is 1. The van der Waals surface area contributed by atoms with Crippen molar-refractivity contribution < 1.29 is 0 Å². The van der Waals surface area contributed by atoms with Crippen LogP contribution >= 0.6 is 15.9 Å². The molecular weight excluding hydrogens is 288 g/mol. The van der Waals surface area contributed by atoms with E-state index in [0.717, 1.165) is 22.2 Å². The van der Waals surface area contributed by atoms with E-state index in [-0.39, 0.29) is 6.04 Å². The van der Waals surface area contributed by atoms with E-state index in [1.165, 1.54) is 11.1 Å². The highest BCUT2D eigenvalue weighted by Crippen LogP contribution is 2.21. The van der Waals surface area contributed by atoms with Crippen LogP contribution in [0.15, 0.2) is 41.0 Å². The van der Waals surface area contributed by atoms with Crippen LogP contribution in [0.1, 0.15) is 28.4 Å². The van der Waals surface area contributed by atoms with Crippen LogP contribution in [0.2, 0.25) is 0 Å². The summed E-state index contributed by atoms with van der Waals surface area (Å²) in [5, 5.41) is 0. The Morgan fingerprint density at radius 1 is 1.17 bits per heavy atom. The number of benzene rings is 1. The van der Waals surface area contributed by atoms with Gasteiger partial charge < -0.3 is 5.73 Å². The third kappa shape index (κ3) is 3.40. The van der Waals surface area contributed by atoms with Crippen LogP contribution in [0.25, 0.3) is 0 Å². The van der Waals surface area contributed by atoms with Gasteiger partial charge in [-0.2, -0.15) is 0 Å². The van der Waals surface area contributed by atoms with Crippen LogP contribution < -0.4 is 5.73 Å².